The molecule has 0 saturated carbocycles. The monoisotopic (exact) mass is 296 g/mol. The molecule has 0 radical (unpaired) electrons. The van der Waals surface area contributed by atoms with E-state index in [1.165, 1.54) is 0 Å². The van der Waals surface area contributed by atoms with Gasteiger partial charge >= 0.3 is 5.97 Å². The summed E-state index contributed by atoms with van der Waals surface area (Å²) in [6.07, 6.45) is 3.57. The molecule has 0 aliphatic carbocycles. The number of hydrogen-bond acceptors (Lipinski definition) is 4. The summed E-state index contributed by atoms with van der Waals surface area (Å²) in [5.41, 5.74) is 4.19. The van der Waals surface area contributed by atoms with Gasteiger partial charge < -0.3 is 5.11 Å². The van der Waals surface area contributed by atoms with Gasteiger partial charge in [0.25, 0.3) is 0 Å². The molecule has 0 fully saturated rings. The lowest BCUT2D eigenvalue weighted by Gasteiger charge is -2.00. The van der Waals surface area contributed by atoms with E-state index >= 15 is 0 Å². The fraction of sp³-hybridized carbons (Fsp3) is 0.0625. The van der Waals surface area contributed by atoms with E-state index in [2.05, 4.69) is 9.97 Å². The van der Waals surface area contributed by atoms with E-state index in [9.17, 15) is 4.79 Å². The Hall–Kier alpha value is -2.53. The van der Waals surface area contributed by atoms with Crippen LogP contribution in [0.25, 0.3) is 21.8 Å². The first-order chi connectivity index (χ1) is 10.1. The molecule has 0 amide bonds. The maximum atomic E-state index is 10.9. The van der Waals surface area contributed by atoms with Gasteiger partial charge in [0.2, 0.25) is 0 Å². The summed E-state index contributed by atoms with van der Waals surface area (Å²) in [6.45, 7) is 2.01. The second-order valence-corrected chi connectivity index (χ2v) is 5.47. The fourth-order valence-electron chi connectivity index (χ4n) is 2.03. The highest BCUT2D eigenvalue weighted by atomic mass is 32.1. The van der Waals surface area contributed by atoms with E-state index in [1.54, 1.807) is 41.8 Å². The predicted molar refractivity (Wildman–Crippen MR) is 82.5 cm³/mol. The molecule has 4 nitrogen and oxygen atoms in total. The van der Waals surface area contributed by atoms with Crippen LogP contribution in [0.4, 0.5) is 0 Å². The number of aromatic nitrogens is 2. The lowest BCUT2D eigenvalue weighted by molar-refractivity contribution is 0.0697. The Bertz CT molecular complexity index is 794. The Labute approximate surface area is 125 Å². The zero-order valence-corrected chi connectivity index (χ0v) is 12.1. The highest BCUT2D eigenvalue weighted by molar-refractivity contribution is 7.13. The highest BCUT2D eigenvalue weighted by Gasteiger charge is 2.09. The van der Waals surface area contributed by atoms with Crippen LogP contribution >= 0.6 is 11.3 Å². The summed E-state index contributed by atoms with van der Waals surface area (Å²) in [5, 5.41) is 11.8. The number of benzene rings is 1. The third-order valence-electron chi connectivity index (χ3n) is 3.18. The molecule has 2 aromatic heterocycles. The van der Waals surface area contributed by atoms with Crippen LogP contribution in [0.2, 0.25) is 0 Å². The summed E-state index contributed by atoms with van der Waals surface area (Å²) in [5.74, 6) is -0.923. The molecule has 3 aromatic rings. The third kappa shape index (κ3) is 2.68. The van der Waals surface area contributed by atoms with Crippen molar-refractivity contribution in [1.82, 2.24) is 9.97 Å². The molecule has 0 bridgehead atoms. The van der Waals surface area contributed by atoms with Gasteiger partial charge in [0.1, 0.15) is 5.01 Å². The van der Waals surface area contributed by atoms with E-state index < -0.39 is 5.97 Å². The van der Waals surface area contributed by atoms with Crippen LogP contribution in [0, 0.1) is 6.92 Å². The van der Waals surface area contributed by atoms with Gasteiger partial charge in [-0.15, -0.1) is 11.3 Å². The average molecular weight is 296 g/mol. The molecule has 0 saturated heterocycles. The number of aryl methyl sites for hydroxylation is 1. The first-order valence-corrected chi connectivity index (χ1v) is 7.23. The van der Waals surface area contributed by atoms with Crippen molar-refractivity contribution in [3.05, 3.63) is 59.2 Å². The molecular formula is C16H12N2O2S. The molecule has 3 rings (SSSR count). The quantitative estimate of drug-likeness (QED) is 0.796. The van der Waals surface area contributed by atoms with E-state index in [4.69, 9.17) is 5.11 Å². The molecule has 5 heteroatoms. The first kappa shape index (κ1) is 13.5. The van der Waals surface area contributed by atoms with Crippen LogP contribution in [0.15, 0.2) is 48.1 Å². The van der Waals surface area contributed by atoms with E-state index in [1.807, 2.05) is 24.6 Å². The summed E-state index contributed by atoms with van der Waals surface area (Å²) < 4.78 is 0. The molecule has 2 heterocycles. The number of thiazole rings is 1. The Morgan fingerprint density at radius 3 is 2.62 bits per heavy atom. The van der Waals surface area contributed by atoms with Gasteiger partial charge in [-0.3, -0.25) is 4.98 Å². The van der Waals surface area contributed by atoms with E-state index in [0.29, 0.717) is 0 Å². The Morgan fingerprint density at radius 1 is 1.19 bits per heavy atom. The topological polar surface area (TPSA) is 63.1 Å². The summed E-state index contributed by atoms with van der Waals surface area (Å²) in [7, 11) is 0. The van der Waals surface area contributed by atoms with Crippen LogP contribution < -0.4 is 0 Å². The second kappa shape index (κ2) is 5.46. The second-order valence-electron chi connectivity index (χ2n) is 4.61. The highest BCUT2D eigenvalue weighted by Crippen LogP contribution is 2.30. The number of carboxylic acid groups (broad SMARTS) is 1. The van der Waals surface area contributed by atoms with Crippen LogP contribution in [0.5, 0.6) is 0 Å². The van der Waals surface area contributed by atoms with Crippen molar-refractivity contribution in [2.45, 2.75) is 6.92 Å². The molecule has 0 spiro atoms. The SMILES string of the molecule is Cc1cnccc1-c1nc(-c2ccc(C(=O)O)cc2)cs1. The molecule has 0 unspecified atom stereocenters. The largest absolute Gasteiger partial charge is 0.478 e. The summed E-state index contributed by atoms with van der Waals surface area (Å²) >= 11 is 1.57. The van der Waals surface area contributed by atoms with Crippen molar-refractivity contribution in [3.8, 4) is 21.8 Å². The lowest BCUT2D eigenvalue weighted by atomic mass is 10.1. The Balaban J connectivity index is 1.95. The lowest BCUT2D eigenvalue weighted by Crippen LogP contribution is -1.94. The zero-order chi connectivity index (χ0) is 14.8. The molecule has 104 valence electrons. The standard InChI is InChI=1S/C16H12N2O2S/c1-10-8-17-7-6-13(10)15-18-14(9-21-15)11-2-4-12(5-3-11)16(19)20/h2-9H,1H3,(H,19,20). The minimum absolute atomic E-state index is 0.277. The predicted octanol–water partition coefficient (Wildman–Crippen LogP) is 3.88. The molecule has 0 aliphatic rings. The van der Waals surface area contributed by atoms with Crippen LogP contribution in [-0.2, 0) is 0 Å². The van der Waals surface area contributed by atoms with Crippen LogP contribution in [0.1, 0.15) is 15.9 Å². The van der Waals surface area contributed by atoms with Crippen molar-refractivity contribution in [2.24, 2.45) is 0 Å². The van der Waals surface area contributed by atoms with Gasteiger partial charge in [-0.05, 0) is 30.7 Å². The van der Waals surface area contributed by atoms with Crippen LogP contribution in [-0.4, -0.2) is 21.0 Å². The average Bonchev–Trinajstić information content (AvgIpc) is 2.97. The molecule has 0 aliphatic heterocycles. The zero-order valence-electron chi connectivity index (χ0n) is 11.3. The maximum absolute atomic E-state index is 10.9. The molecule has 0 atom stereocenters. The van der Waals surface area contributed by atoms with Crippen molar-refractivity contribution in [2.75, 3.05) is 0 Å². The van der Waals surface area contributed by atoms with Crippen molar-refractivity contribution >= 4 is 17.3 Å². The van der Waals surface area contributed by atoms with Gasteiger partial charge in [0.05, 0.1) is 11.3 Å². The molecular weight excluding hydrogens is 284 g/mol. The number of aromatic carboxylic acids is 1. The van der Waals surface area contributed by atoms with Crippen molar-refractivity contribution in [3.63, 3.8) is 0 Å². The Kier molecular flexibility index (Phi) is 3.50. The number of hydrogen-bond donors (Lipinski definition) is 1. The minimum atomic E-state index is -0.923. The van der Waals surface area contributed by atoms with E-state index in [-0.39, 0.29) is 5.56 Å². The smallest absolute Gasteiger partial charge is 0.335 e. The van der Waals surface area contributed by atoms with Gasteiger partial charge in [0, 0.05) is 28.9 Å². The first-order valence-electron chi connectivity index (χ1n) is 6.35. The van der Waals surface area contributed by atoms with Gasteiger partial charge in [-0.25, -0.2) is 9.78 Å². The van der Waals surface area contributed by atoms with Gasteiger partial charge in [-0.1, -0.05) is 12.1 Å². The van der Waals surface area contributed by atoms with Gasteiger partial charge in [-0.2, -0.15) is 0 Å². The van der Waals surface area contributed by atoms with E-state index in [0.717, 1.165) is 27.4 Å². The molecule has 1 aromatic carbocycles. The third-order valence-corrected chi connectivity index (χ3v) is 4.06. The summed E-state index contributed by atoms with van der Waals surface area (Å²) in [6, 6.07) is 8.69. The van der Waals surface area contributed by atoms with Crippen LogP contribution in [0.3, 0.4) is 0 Å². The molecule has 21 heavy (non-hydrogen) atoms. The number of carbonyl (C=O) groups is 1. The van der Waals surface area contributed by atoms with Crippen molar-refractivity contribution < 1.29 is 9.90 Å². The normalized spacial score (nSPS) is 10.5. The van der Waals surface area contributed by atoms with Gasteiger partial charge in [0.15, 0.2) is 0 Å². The number of rotatable bonds is 3. The fourth-order valence-corrected chi connectivity index (χ4v) is 2.95. The summed E-state index contributed by atoms with van der Waals surface area (Å²) in [4.78, 5) is 19.6. The number of pyridine rings is 1. The number of carboxylic acids is 1. The Morgan fingerprint density at radius 2 is 1.95 bits per heavy atom. The molecule has 1 N–H and O–H groups in total. The van der Waals surface area contributed by atoms with Crippen molar-refractivity contribution in [1.29, 1.82) is 0 Å². The minimum Gasteiger partial charge on any atom is -0.478 e. The number of nitrogens with zero attached hydrogens (tertiary/aromatic N) is 2. The maximum Gasteiger partial charge on any atom is 0.335 e.